The summed E-state index contributed by atoms with van der Waals surface area (Å²) < 4.78 is 23.4. The molecule has 2 rings (SSSR count). The van der Waals surface area contributed by atoms with Gasteiger partial charge in [0.05, 0.1) is 24.3 Å². The molecular formula is C13H11ClFNO3. The van der Waals surface area contributed by atoms with Crippen molar-refractivity contribution < 1.29 is 18.7 Å². The molecule has 1 aromatic heterocycles. The Bertz CT molecular complexity index is 645. The highest BCUT2D eigenvalue weighted by Crippen LogP contribution is 2.31. The fourth-order valence-corrected chi connectivity index (χ4v) is 1.95. The summed E-state index contributed by atoms with van der Waals surface area (Å²) >= 11 is 5.94. The summed E-state index contributed by atoms with van der Waals surface area (Å²) in [5.41, 5.74) is 0.362. The molecule has 0 radical (unpaired) electrons. The molecule has 0 aliphatic carbocycles. The van der Waals surface area contributed by atoms with Crippen LogP contribution in [-0.4, -0.2) is 24.7 Å². The number of carbonyl (C=O) groups is 1. The molecular weight excluding hydrogens is 273 g/mol. The van der Waals surface area contributed by atoms with Crippen molar-refractivity contribution >= 4 is 28.5 Å². The van der Waals surface area contributed by atoms with E-state index in [0.29, 0.717) is 23.3 Å². The van der Waals surface area contributed by atoms with E-state index in [0.717, 1.165) is 6.07 Å². The maximum absolute atomic E-state index is 13.4. The van der Waals surface area contributed by atoms with Crippen molar-refractivity contribution in [2.45, 2.75) is 6.92 Å². The van der Waals surface area contributed by atoms with Crippen molar-refractivity contribution in [3.63, 3.8) is 0 Å². The summed E-state index contributed by atoms with van der Waals surface area (Å²) in [5, 5.41) is 0.529. The predicted octanol–water partition coefficient (Wildman–Crippen LogP) is 3.21. The molecule has 0 atom stereocenters. The zero-order chi connectivity index (χ0) is 14.0. The van der Waals surface area contributed by atoms with Crippen LogP contribution in [0.5, 0.6) is 5.75 Å². The third-order valence-corrected chi connectivity index (χ3v) is 2.78. The quantitative estimate of drug-likeness (QED) is 0.812. The number of methoxy groups -OCH3 is 1. The molecule has 0 N–H and O–H groups in total. The zero-order valence-electron chi connectivity index (χ0n) is 10.4. The van der Waals surface area contributed by atoms with E-state index >= 15 is 0 Å². The van der Waals surface area contributed by atoms with Crippen molar-refractivity contribution in [2.75, 3.05) is 13.7 Å². The van der Waals surface area contributed by atoms with Gasteiger partial charge in [0.15, 0.2) is 5.69 Å². The Hall–Kier alpha value is -1.88. The van der Waals surface area contributed by atoms with Crippen LogP contribution in [0.25, 0.3) is 10.9 Å². The van der Waals surface area contributed by atoms with E-state index in [1.807, 2.05) is 0 Å². The Labute approximate surface area is 114 Å². The Balaban J connectivity index is 2.75. The van der Waals surface area contributed by atoms with Crippen LogP contribution in [0.15, 0.2) is 18.2 Å². The number of hydrogen-bond donors (Lipinski definition) is 0. The van der Waals surface area contributed by atoms with Gasteiger partial charge < -0.3 is 9.47 Å². The third kappa shape index (κ3) is 2.61. The van der Waals surface area contributed by atoms with Crippen LogP contribution in [0.4, 0.5) is 4.39 Å². The van der Waals surface area contributed by atoms with Gasteiger partial charge in [0.1, 0.15) is 11.6 Å². The van der Waals surface area contributed by atoms with Gasteiger partial charge in [0, 0.05) is 11.5 Å². The molecule has 100 valence electrons. The lowest BCUT2D eigenvalue weighted by molar-refractivity contribution is 0.0594. The standard InChI is InChI=1S/C13H11ClFNO3/c1-3-19-11-6-10(13(17)18-2)16-12-8(11)4-7(15)5-9(12)14/h4-6H,3H2,1-2H3. The normalized spacial score (nSPS) is 10.5. The van der Waals surface area contributed by atoms with Crippen LogP contribution in [0, 0.1) is 5.82 Å². The molecule has 0 unspecified atom stereocenters. The number of carbonyl (C=O) groups excluding carboxylic acids is 1. The number of hydrogen-bond acceptors (Lipinski definition) is 4. The topological polar surface area (TPSA) is 48.4 Å². The van der Waals surface area contributed by atoms with Gasteiger partial charge >= 0.3 is 5.97 Å². The number of pyridine rings is 1. The average Bonchev–Trinajstić information content (AvgIpc) is 2.38. The number of halogens is 2. The summed E-state index contributed by atoms with van der Waals surface area (Å²) in [4.78, 5) is 15.6. The van der Waals surface area contributed by atoms with E-state index in [1.54, 1.807) is 6.92 Å². The molecule has 0 saturated carbocycles. The Morgan fingerprint density at radius 1 is 1.42 bits per heavy atom. The first kappa shape index (κ1) is 13.5. The Morgan fingerprint density at radius 2 is 2.16 bits per heavy atom. The molecule has 6 heteroatoms. The van der Waals surface area contributed by atoms with Crippen LogP contribution in [0.2, 0.25) is 5.02 Å². The first-order valence-corrected chi connectivity index (χ1v) is 5.95. The van der Waals surface area contributed by atoms with E-state index in [1.165, 1.54) is 19.2 Å². The summed E-state index contributed by atoms with van der Waals surface area (Å²) in [7, 11) is 1.25. The minimum absolute atomic E-state index is 0.0620. The molecule has 19 heavy (non-hydrogen) atoms. The fraction of sp³-hybridized carbons (Fsp3) is 0.231. The highest BCUT2D eigenvalue weighted by molar-refractivity contribution is 6.35. The van der Waals surface area contributed by atoms with Crippen LogP contribution in [-0.2, 0) is 4.74 Å². The second-order valence-electron chi connectivity index (χ2n) is 3.71. The van der Waals surface area contributed by atoms with Crippen LogP contribution >= 0.6 is 11.6 Å². The SMILES string of the molecule is CCOc1cc(C(=O)OC)nc2c(Cl)cc(F)cc12. The maximum Gasteiger partial charge on any atom is 0.356 e. The second kappa shape index (κ2) is 5.40. The monoisotopic (exact) mass is 283 g/mol. The number of nitrogens with zero attached hydrogens (tertiary/aromatic N) is 1. The minimum Gasteiger partial charge on any atom is -0.493 e. The highest BCUT2D eigenvalue weighted by atomic mass is 35.5. The lowest BCUT2D eigenvalue weighted by Crippen LogP contribution is -2.06. The number of aromatic nitrogens is 1. The summed E-state index contributed by atoms with van der Waals surface area (Å²) in [6.07, 6.45) is 0. The lowest BCUT2D eigenvalue weighted by Gasteiger charge is -2.10. The molecule has 0 saturated heterocycles. The average molecular weight is 284 g/mol. The molecule has 0 amide bonds. The van der Waals surface area contributed by atoms with Gasteiger partial charge in [-0.25, -0.2) is 14.2 Å². The molecule has 1 aromatic carbocycles. The largest absolute Gasteiger partial charge is 0.493 e. The molecule has 2 aromatic rings. The number of benzene rings is 1. The first-order chi connectivity index (χ1) is 9.06. The van der Waals surface area contributed by atoms with E-state index in [-0.39, 0.29) is 10.7 Å². The first-order valence-electron chi connectivity index (χ1n) is 5.57. The third-order valence-electron chi connectivity index (χ3n) is 2.49. The van der Waals surface area contributed by atoms with Gasteiger partial charge in [-0.3, -0.25) is 0 Å². The van der Waals surface area contributed by atoms with E-state index < -0.39 is 11.8 Å². The lowest BCUT2D eigenvalue weighted by atomic mass is 10.1. The van der Waals surface area contributed by atoms with Gasteiger partial charge in [0.2, 0.25) is 0 Å². The van der Waals surface area contributed by atoms with E-state index in [2.05, 4.69) is 9.72 Å². The summed E-state index contributed by atoms with van der Waals surface area (Å²) in [5.74, 6) is -0.761. The van der Waals surface area contributed by atoms with Crippen LogP contribution < -0.4 is 4.74 Å². The van der Waals surface area contributed by atoms with Gasteiger partial charge in [-0.05, 0) is 19.1 Å². The van der Waals surface area contributed by atoms with Crippen LogP contribution in [0.3, 0.4) is 0 Å². The fourth-order valence-electron chi connectivity index (χ4n) is 1.71. The Morgan fingerprint density at radius 3 is 2.79 bits per heavy atom. The molecule has 0 aliphatic heterocycles. The maximum atomic E-state index is 13.4. The zero-order valence-corrected chi connectivity index (χ0v) is 11.1. The van der Waals surface area contributed by atoms with Gasteiger partial charge in [0.25, 0.3) is 0 Å². The number of rotatable bonds is 3. The smallest absolute Gasteiger partial charge is 0.356 e. The number of ether oxygens (including phenoxy) is 2. The minimum atomic E-state index is -0.608. The van der Waals surface area contributed by atoms with Crippen molar-refractivity contribution in [3.8, 4) is 5.75 Å². The molecule has 0 bridgehead atoms. The van der Waals surface area contributed by atoms with Crippen molar-refractivity contribution in [2.24, 2.45) is 0 Å². The number of fused-ring (bicyclic) bond motifs is 1. The van der Waals surface area contributed by atoms with Crippen molar-refractivity contribution in [1.29, 1.82) is 0 Å². The van der Waals surface area contributed by atoms with Crippen molar-refractivity contribution in [1.82, 2.24) is 4.98 Å². The molecule has 0 aliphatic rings. The van der Waals surface area contributed by atoms with Gasteiger partial charge in [-0.15, -0.1) is 0 Å². The van der Waals surface area contributed by atoms with E-state index in [4.69, 9.17) is 16.3 Å². The molecule has 0 fully saturated rings. The molecule has 0 spiro atoms. The number of esters is 1. The van der Waals surface area contributed by atoms with Crippen LogP contribution in [0.1, 0.15) is 17.4 Å². The van der Waals surface area contributed by atoms with Gasteiger partial charge in [-0.2, -0.15) is 0 Å². The van der Waals surface area contributed by atoms with Gasteiger partial charge in [-0.1, -0.05) is 11.6 Å². The Kier molecular flexibility index (Phi) is 3.85. The van der Waals surface area contributed by atoms with E-state index in [9.17, 15) is 9.18 Å². The predicted molar refractivity (Wildman–Crippen MR) is 69.2 cm³/mol. The second-order valence-corrected chi connectivity index (χ2v) is 4.12. The summed E-state index contributed by atoms with van der Waals surface area (Å²) in [6, 6.07) is 3.81. The molecule has 1 heterocycles. The molecule has 4 nitrogen and oxygen atoms in total. The highest BCUT2D eigenvalue weighted by Gasteiger charge is 2.16. The summed E-state index contributed by atoms with van der Waals surface area (Å²) in [6.45, 7) is 2.15. The van der Waals surface area contributed by atoms with Crippen molar-refractivity contribution in [3.05, 3.63) is 34.7 Å².